The number of nitrogens with zero attached hydrogens (tertiary/aromatic N) is 3. The molecule has 2 aromatic rings. The summed E-state index contributed by atoms with van der Waals surface area (Å²) in [4.78, 5) is 23.0. The van der Waals surface area contributed by atoms with Crippen LogP contribution in [0.15, 0.2) is 47.6 Å². The molecule has 0 saturated carbocycles. The van der Waals surface area contributed by atoms with Gasteiger partial charge in [0.05, 0.1) is 19.6 Å². The van der Waals surface area contributed by atoms with Crippen LogP contribution in [0.1, 0.15) is 19.4 Å². The molecule has 1 N–H and O–H groups in total. The molecule has 1 fully saturated rings. The lowest BCUT2D eigenvalue weighted by Gasteiger charge is -2.21. The van der Waals surface area contributed by atoms with Crippen molar-refractivity contribution in [2.24, 2.45) is 16.8 Å². The summed E-state index contributed by atoms with van der Waals surface area (Å²) in [5.74, 6) is 1.22. The van der Waals surface area contributed by atoms with E-state index in [0.717, 1.165) is 24.6 Å². The molecular weight excluding hydrogens is 387 g/mol. The summed E-state index contributed by atoms with van der Waals surface area (Å²) in [6.07, 6.45) is 1.65. The molecule has 2 heterocycles. The van der Waals surface area contributed by atoms with Crippen LogP contribution < -0.4 is 10.1 Å². The van der Waals surface area contributed by atoms with E-state index in [1.807, 2.05) is 19.9 Å². The largest absolute Gasteiger partial charge is 0.469 e. The van der Waals surface area contributed by atoms with Gasteiger partial charge in [-0.25, -0.2) is 14.4 Å². The highest BCUT2D eigenvalue weighted by Crippen LogP contribution is 2.24. The number of carbonyl (C=O) groups excluding carboxylic acids is 1. The predicted octanol–water partition coefficient (Wildman–Crippen LogP) is 3.22. The third-order valence-electron chi connectivity index (χ3n) is 5.00. The predicted molar refractivity (Wildman–Crippen MR) is 112 cm³/mol. The molecule has 1 aliphatic heterocycles. The maximum absolute atomic E-state index is 13.0. The average molecular weight is 414 g/mol. The van der Waals surface area contributed by atoms with Crippen molar-refractivity contribution in [3.8, 4) is 11.6 Å². The van der Waals surface area contributed by atoms with Crippen LogP contribution in [0.2, 0.25) is 0 Å². The highest BCUT2D eigenvalue weighted by molar-refractivity contribution is 5.82. The van der Waals surface area contributed by atoms with Crippen molar-refractivity contribution in [2.45, 2.75) is 20.4 Å². The number of hydrogen-bond acceptors (Lipinski definition) is 5. The minimum Gasteiger partial charge on any atom is -0.469 e. The highest BCUT2D eigenvalue weighted by Gasteiger charge is 2.36. The fourth-order valence-corrected chi connectivity index (χ4v) is 3.42. The van der Waals surface area contributed by atoms with Gasteiger partial charge in [-0.15, -0.1) is 0 Å². The molecule has 0 radical (unpaired) electrons. The van der Waals surface area contributed by atoms with Crippen LogP contribution in [0.4, 0.5) is 4.39 Å². The Hall–Kier alpha value is -3.16. The number of halogens is 1. The Morgan fingerprint density at radius 1 is 1.30 bits per heavy atom. The van der Waals surface area contributed by atoms with E-state index in [4.69, 9.17) is 14.5 Å². The van der Waals surface area contributed by atoms with Gasteiger partial charge < -0.3 is 19.7 Å². The Morgan fingerprint density at radius 3 is 2.77 bits per heavy atom. The first-order valence-corrected chi connectivity index (χ1v) is 9.99. The Labute approximate surface area is 175 Å². The molecule has 3 rings (SSSR count). The van der Waals surface area contributed by atoms with E-state index >= 15 is 0 Å². The van der Waals surface area contributed by atoms with Crippen LogP contribution in [-0.2, 0) is 16.1 Å². The zero-order valence-corrected chi connectivity index (χ0v) is 17.5. The van der Waals surface area contributed by atoms with E-state index < -0.39 is 0 Å². The van der Waals surface area contributed by atoms with Gasteiger partial charge in [-0.05, 0) is 48.7 Å². The van der Waals surface area contributed by atoms with Gasteiger partial charge in [0.1, 0.15) is 11.6 Å². The van der Waals surface area contributed by atoms with Crippen molar-refractivity contribution in [1.29, 1.82) is 0 Å². The number of carbonyl (C=O) groups is 1. The molecule has 0 bridgehead atoms. The van der Waals surface area contributed by atoms with E-state index in [1.54, 1.807) is 24.4 Å². The van der Waals surface area contributed by atoms with Crippen LogP contribution in [-0.4, -0.2) is 48.6 Å². The van der Waals surface area contributed by atoms with Gasteiger partial charge in [0.15, 0.2) is 5.96 Å². The smallest absolute Gasteiger partial charge is 0.310 e. The summed E-state index contributed by atoms with van der Waals surface area (Å²) in [6.45, 7) is 6.52. The molecule has 160 valence electrons. The lowest BCUT2D eigenvalue weighted by atomic mass is 9.99. The number of rotatable bonds is 6. The molecular formula is C22H27FN4O3. The number of likely N-dealkylation sites (tertiary alicyclic amines) is 1. The number of ether oxygens (including phenoxy) is 2. The SMILES string of the molecule is CCNC(=NCc1ccnc(Oc2ccc(F)cc2)c1)N1CC(C)C(C(=O)OC)C1. The van der Waals surface area contributed by atoms with E-state index in [1.165, 1.54) is 19.2 Å². The maximum atomic E-state index is 13.0. The van der Waals surface area contributed by atoms with Gasteiger partial charge in [-0.3, -0.25) is 4.79 Å². The number of esters is 1. The molecule has 7 nitrogen and oxygen atoms in total. The van der Waals surface area contributed by atoms with Crippen LogP contribution in [0, 0.1) is 17.7 Å². The van der Waals surface area contributed by atoms with Crippen LogP contribution >= 0.6 is 0 Å². The number of nitrogens with one attached hydrogen (secondary N) is 1. The van der Waals surface area contributed by atoms with Crippen molar-refractivity contribution in [1.82, 2.24) is 15.2 Å². The van der Waals surface area contributed by atoms with Gasteiger partial charge in [0.25, 0.3) is 0 Å². The number of hydrogen-bond donors (Lipinski definition) is 1. The van der Waals surface area contributed by atoms with Crippen molar-refractivity contribution in [2.75, 3.05) is 26.7 Å². The van der Waals surface area contributed by atoms with Crippen LogP contribution in [0.3, 0.4) is 0 Å². The summed E-state index contributed by atoms with van der Waals surface area (Å²) in [5, 5.41) is 3.29. The van der Waals surface area contributed by atoms with Crippen molar-refractivity contribution < 1.29 is 18.7 Å². The maximum Gasteiger partial charge on any atom is 0.310 e. The van der Waals surface area contributed by atoms with Gasteiger partial charge in [0.2, 0.25) is 5.88 Å². The molecule has 8 heteroatoms. The van der Waals surface area contributed by atoms with Gasteiger partial charge in [-0.2, -0.15) is 0 Å². The van der Waals surface area contributed by atoms with Crippen LogP contribution in [0.25, 0.3) is 0 Å². The first-order valence-electron chi connectivity index (χ1n) is 9.99. The Balaban J connectivity index is 1.69. The van der Waals surface area contributed by atoms with E-state index in [2.05, 4.69) is 15.2 Å². The Kier molecular flexibility index (Phi) is 7.21. The monoisotopic (exact) mass is 414 g/mol. The van der Waals surface area contributed by atoms with E-state index in [9.17, 15) is 9.18 Å². The quantitative estimate of drug-likeness (QED) is 0.444. The van der Waals surface area contributed by atoms with Gasteiger partial charge in [0, 0.05) is 31.9 Å². The topological polar surface area (TPSA) is 76.1 Å². The average Bonchev–Trinajstić information content (AvgIpc) is 3.14. The zero-order chi connectivity index (χ0) is 21.5. The molecule has 1 aliphatic rings. The van der Waals surface area contributed by atoms with E-state index in [0.29, 0.717) is 24.7 Å². The lowest BCUT2D eigenvalue weighted by Crippen LogP contribution is -2.40. The third kappa shape index (κ3) is 5.46. The second kappa shape index (κ2) is 10.0. The zero-order valence-electron chi connectivity index (χ0n) is 17.5. The molecule has 0 aliphatic carbocycles. The van der Waals surface area contributed by atoms with Gasteiger partial charge >= 0.3 is 5.97 Å². The molecule has 2 unspecified atom stereocenters. The summed E-state index contributed by atoms with van der Waals surface area (Å²) in [5.41, 5.74) is 0.925. The van der Waals surface area contributed by atoms with Gasteiger partial charge in [-0.1, -0.05) is 6.92 Å². The first kappa shape index (κ1) is 21.5. The molecule has 1 saturated heterocycles. The second-order valence-corrected chi connectivity index (χ2v) is 7.24. The number of pyridine rings is 1. The van der Waals surface area contributed by atoms with E-state index in [-0.39, 0.29) is 23.6 Å². The number of methoxy groups -OCH3 is 1. The number of guanidine groups is 1. The third-order valence-corrected chi connectivity index (χ3v) is 5.00. The first-order chi connectivity index (χ1) is 14.5. The van der Waals surface area contributed by atoms with Crippen molar-refractivity contribution in [3.63, 3.8) is 0 Å². The van der Waals surface area contributed by atoms with Crippen molar-refractivity contribution in [3.05, 3.63) is 54.0 Å². The Bertz CT molecular complexity index is 888. The Morgan fingerprint density at radius 2 is 2.07 bits per heavy atom. The molecule has 0 amide bonds. The normalized spacial score (nSPS) is 18.9. The molecule has 2 atom stereocenters. The minimum absolute atomic E-state index is 0.157. The standard InChI is InChI=1S/C22H27FN4O3/c1-4-24-22(27-13-15(2)19(14-27)21(28)29-3)26-12-16-9-10-25-20(11-16)30-18-7-5-17(23)6-8-18/h5-11,15,19H,4,12-14H2,1-3H3,(H,24,26). The molecule has 30 heavy (non-hydrogen) atoms. The fraction of sp³-hybridized carbons (Fsp3) is 0.409. The second-order valence-electron chi connectivity index (χ2n) is 7.24. The number of aromatic nitrogens is 1. The summed E-state index contributed by atoms with van der Waals surface area (Å²) < 4.78 is 23.7. The molecule has 1 aromatic heterocycles. The fourth-order valence-electron chi connectivity index (χ4n) is 3.42. The number of aliphatic imine (C=N–C) groups is 1. The van der Waals surface area contributed by atoms with Crippen LogP contribution in [0.5, 0.6) is 11.6 Å². The summed E-state index contributed by atoms with van der Waals surface area (Å²) >= 11 is 0. The lowest BCUT2D eigenvalue weighted by molar-refractivity contribution is -0.145. The molecule has 1 aromatic carbocycles. The number of benzene rings is 1. The summed E-state index contributed by atoms with van der Waals surface area (Å²) in [6, 6.07) is 9.46. The summed E-state index contributed by atoms with van der Waals surface area (Å²) in [7, 11) is 1.42. The molecule has 0 spiro atoms. The minimum atomic E-state index is -0.319. The highest BCUT2D eigenvalue weighted by atomic mass is 19.1. The van der Waals surface area contributed by atoms with Crippen molar-refractivity contribution >= 4 is 11.9 Å².